The van der Waals surface area contributed by atoms with Gasteiger partial charge in [0.05, 0.1) is 11.5 Å². The summed E-state index contributed by atoms with van der Waals surface area (Å²) in [5.41, 5.74) is 0.978. The highest BCUT2D eigenvalue weighted by molar-refractivity contribution is 7.91. The van der Waals surface area contributed by atoms with Crippen LogP contribution in [0.15, 0.2) is 6.20 Å². The number of nitrogens with zero attached hydrogens (tertiary/aromatic N) is 3. The molecule has 1 saturated heterocycles. The van der Waals surface area contributed by atoms with Crippen LogP contribution in [0.3, 0.4) is 0 Å². The summed E-state index contributed by atoms with van der Waals surface area (Å²) < 4.78 is 23.3. The Kier molecular flexibility index (Phi) is 4.80. The van der Waals surface area contributed by atoms with Crippen LogP contribution in [0, 0.1) is 6.92 Å². The molecule has 112 valence electrons. The van der Waals surface area contributed by atoms with E-state index in [1.54, 1.807) is 6.20 Å². The Morgan fingerprint density at radius 1 is 1.35 bits per heavy atom. The molecule has 2 heterocycles. The Morgan fingerprint density at radius 3 is 2.90 bits per heavy atom. The van der Waals surface area contributed by atoms with Crippen LogP contribution in [0.25, 0.3) is 0 Å². The summed E-state index contributed by atoms with van der Waals surface area (Å²) in [6, 6.07) is 0. The second kappa shape index (κ2) is 6.39. The fraction of sp³-hybridized carbons (Fsp3) is 0.692. The largest absolute Gasteiger partial charge is 0.355 e. The van der Waals surface area contributed by atoms with E-state index in [-0.39, 0.29) is 11.5 Å². The molecular formula is C13H22N4O2S. The van der Waals surface area contributed by atoms with Crippen LogP contribution in [-0.4, -0.2) is 49.5 Å². The summed E-state index contributed by atoms with van der Waals surface area (Å²) in [6.07, 6.45) is 3.46. The molecule has 0 radical (unpaired) electrons. The Morgan fingerprint density at radius 2 is 2.15 bits per heavy atom. The average molecular weight is 298 g/mol. The van der Waals surface area contributed by atoms with Gasteiger partial charge in [-0.2, -0.15) is 4.98 Å². The van der Waals surface area contributed by atoms with E-state index in [2.05, 4.69) is 27.1 Å². The Balaban J connectivity index is 2.18. The van der Waals surface area contributed by atoms with Crippen molar-refractivity contribution in [2.24, 2.45) is 0 Å². The Labute approximate surface area is 120 Å². The number of hydrogen-bond donors (Lipinski definition) is 1. The monoisotopic (exact) mass is 298 g/mol. The van der Waals surface area contributed by atoms with Gasteiger partial charge in [-0.25, -0.2) is 13.4 Å². The topological polar surface area (TPSA) is 75.2 Å². The Bertz CT molecular complexity index is 559. The first-order chi connectivity index (χ1) is 9.52. The molecule has 0 bridgehead atoms. The number of aromatic nitrogens is 2. The maximum atomic E-state index is 11.7. The van der Waals surface area contributed by atoms with E-state index >= 15 is 0 Å². The molecule has 0 saturated carbocycles. The molecule has 0 spiro atoms. The molecule has 1 aliphatic heterocycles. The summed E-state index contributed by atoms with van der Waals surface area (Å²) in [5, 5.41) is 3.17. The second-order valence-electron chi connectivity index (χ2n) is 5.12. The van der Waals surface area contributed by atoms with E-state index in [1.165, 1.54) is 0 Å². The van der Waals surface area contributed by atoms with E-state index in [4.69, 9.17) is 0 Å². The van der Waals surface area contributed by atoms with Crippen molar-refractivity contribution in [3.63, 3.8) is 0 Å². The van der Waals surface area contributed by atoms with Gasteiger partial charge in [0.1, 0.15) is 5.82 Å². The minimum Gasteiger partial charge on any atom is -0.355 e. The molecule has 0 aromatic carbocycles. The number of hydrogen-bond acceptors (Lipinski definition) is 6. The van der Waals surface area contributed by atoms with E-state index in [0.29, 0.717) is 18.9 Å². The Hall–Kier alpha value is -1.37. The summed E-state index contributed by atoms with van der Waals surface area (Å²) in [6.45, 7) is 6.11. The van der Waals surface area contributed by atoms with Gasteiger partial charge in [-0.15, -0.1) is 0 Å². The van der Waals surface area contributed by atoms with Crippen molar-refractivity contribution in [3.8, 4) is 0 Å². The highest BCUT2D eigenvalue weighted by Crippen LogP contribution is 2.20. The quantitative estimate of drug-likeness (QED) is 0.901. The van der Waals surface area contributed by atoms with Crippen molar-refractivity contribution >= 4 is 21.6 Å². The van der Waals surface area contributed by atoms with Crippen molar-refractivity contribution in [3.05, 3.63) is 11.8 Å². The predicted molar refractivity (Wildman–Crippen MR) is 81.0 cm³/mol. The third-order valence-electron chi connectivity index (χ3n) is 3.33. The summed E-state index contributed by atoms with van der Waals surface area (Å²) in [5.74, 6) is 1.93. The molecule has 2 rings (SSSR count). The normalized spacial score (nSPS) is 18.6. The zero-order chi connectivity index (χ0) is 14.6. The van der Waals surface area contributed by atoms with Gasteiger partial charge in [0, 0.05) is 31.4 Å². The third kappa shape index (κ3) is 3.82. The van der Waals surface area contributed by atoms with Crippen LogP contribution in [-0.2, 0) is 9.84 Å². The number of sulfone groups is 1. The smallest absolute Gasteiger partial charge is 0.224 e. The zero-order valence-corrected chi connectivity index (χ0v) is 12.9. The highest BCUT2D eigenvalue weighted by Gasteiger charge is 2.21. The van der Waals surface area contributed by atoms with Crippen LogP contribution in [0.1, 0.15) is 25.3 Å². The van der Waals surface area contributed by atoms with Gasteiger partial charge in [-0.3, -0.25) is 0 Å². The first kappa shape index (κ1) is 15.0. The first-order valence-electron chi connectivity index (χ1n) is 7.05. The van der Waals surface area contributed by atoms with Crippen molar-refractivity contribution < 1.29 is 8.42 Å². The molecule has 1 fully saturated rings. The van der Waals surface area contributed by atoms with Crippen molar-refractivity contribution in [1.29, 1.82) is 0 Å². The van der Waals surface area contributed by atoms with Crippen LogP contribution in [0.5, 0.6) is 0 Å². The fourth-order valence-corrected chi connectivity index (χ4v) is 3.50. The van der Waals surface area contributed by atoms with Crippen LogP contribution in [0.4, 0.5) is 11.8 Å². The molecule has 0 aliphatic carbocycles. The molecule has 0 amide bonds. The molecule has 6 nitrogen and oxygen atoms in total. The molecule has 20 heavy (non-hydrogen) atoms. The zero-order valence-electron chi connectivity index (χ0n) is 12.1. The van der Waals surface area contributed by atoms with Crippen molar-refractivity contribution in [2.45, 2.75) is 26.7 Å². The number of aryl methyl sites for hydroxylation is 1. The minimum atomic E-state index is -2.90. The highest BCUT2D eigenvalue weighted by atomic mass is 32.2. The van der Waals surface area contributed by atoms with Gasteiger partial charge in [0.2, 0.25) is 5.95 Å². The lowest BCUT2D eigenvalue weighted by Gasteiger charge is -2.23. The molecule has 1 aromatic rings. The fourth-order valence-electron chi connectivity index (χ4n) is 2.23. The van der Waals surface area contributed by atoms with E-state index < -0.39 is 9.84 Å². The number of anilines is 2. The summed E-state index contributed by atoms with van der Waals surface area (Å²) >= 11 is 0. The van der Waals surface area contributed by atoms with E-state index in [0.717, 1.165) is 30.9 Å². The standard InChI is InChI=1S/C13H22N4O2S/c1-3-5-14-13-15-10-11(2)12(16-13)17-6-4-8-20(18,19)9-7-17/h10H,3-9H2,1-2H3,(H,14,15,16). The van der Waals surface area contributed by atoms with Crippen LogP contribution in [0.2, 0.25) is 0 Å². The number of nitrogens with one attached hydrogen (secondary N) is 1. The van der Waals surface area contributed by atoms with Crippen molar-refractivity contribution in [1.82, 2.24) is 9.97 Å². The average Bonchev–Trinajstić information content (AvgIpc) is 2.59. The molecule has 1 aromatic heterocycles. The second-order valence-corrected chi connectivity index (χ2v) is 7.42. The van der Waals surface area contributed by atoms with Gasteiger partial charge in [-0.1, -0.05) is 6.92 Å². The molecule has 0 atom stereocenters. The van der Waals surface area contributed by atoms with Gasteiger partial charge in [0.15, 0.2) is 9.84 Å². The maximum Gasteiger partial charge on any atom is 0.224 e. The molecule has 1 aliphatic rings. The first-order valence-corrected chi connectivity index (χ1v) is 8.87. The minimum absolute atomic E-state index is 0.203. The van der Waals surface area contributed by atoms with Gasteiger partial charge in [-0.05, 0) is 19.8 Å². The van der Waals surface area contributed by atoms with Gasteiger partial charge >= 0.3 is 0 Å². The predicted octanol–water partition coefficient (Wildman–Crippen LogP) is 1.23. The summed E-state index contributed by atoms with van der Waals surface area (Å²) in [7, 11) is -2.90. The molecule has 7 heteroatoms. The van der Waals surface area contributed by atoms with Gasteiger partial charge in [0.25, 0.3) is 0 Å². The van der Waals surface area contributed by atoms with Crippen LogP contribution < -0.4 is 10.2 Å². The van der Waals surface area contributed by atoms with E-state index in [9.17, 15) is 8.42 Å². The maximum absolute atomic E-state index is 11.7. The SMILES string of the molecule is CCCNc1ncc(C)c(N2CCCS(=O)(=O)CC2)n1. The molecular weight excluding hydrogens is 276 g/mol. The number of rotatable bonds is 4. The van der Waals surface area contributed by atoms with Gasteiger partial charge < -0.3 is 10.2 Å². The molecule has 1 N–H and O–H groups in total. The lowest BCUT2D eigenvalue weighted by Crippen LogP contribution is -2.28. The van der Waals surface area contributed by atoms with Crippen molar-refractivity contribution in [2.75, 3.05) is 41.4 Å². The summed E-state index contributed by atoms with van der Waals surface area (Å²) in [4.78, 5) is 10.8. The third-order valence-corrected chi connectivity index (χ3v) is 5.05. The van der Waals surface area contributed by atoms with E-state index in [1.807, 2.05) is 6.92 Å². The lowest BCUT2D eigenvalue weighted by molar-refractivity contribution is 0.597. The molecule has 0 unspecified atom stereocenters. The lowest BCUT2D eigenvalue weighted by atomic mass is 10.3. The van der Waals surface area contributed by atoms with Crippen LogP contribution >= 0.6 is 0 Å².